The zero-order valence-corrected chi connectivity index (χ0v) is 25.3. The van der Waals surface area contributed by atoms with Crippen molar-refractivity contribution < 1.29 is 23.8 Å². The number of aryl methyl sites for hydroxylation is 1. The molecule has 0 fully saturated rings. The summed E-state index contributed by atoms with van der Waals surface area (Å²) in [5, 5.41) is 18.6. The topological polar surface area (TPSA) is 130 Å². The predicted molar refractivity (Wildman–Crippen MR) is 158 cm³/mol. The van der Waals surface area contributed by atoms with Crippen molar-refractivity contribution in [3.63, 3.8) is 0 Å². The minimum atomic E-state index is -1.02. The van der Waals surface area contributed by atoms with Crippen LogP contribution < -0.4 is 16.0 Å². The zero-order valence-electron chi connectivity index (χ0n) is 23.5. The van der Waals surface area contributed by atoms with Crippen LogP contribution in [-0.4, -0.2) is 55.3 Å². The first kappa shape index (κ1) is 32.2. The Balaban J connectivity index is 0.00000462. The molecule has 0 unspecified atom stereocenters. The van der Waals surface area contributed by atoms with Gasteiger partial charge in [-0.25, -0.2) is 13.8 Å². The number of benzene rings is 1. The second kappa shape index (κ2) is 13.6. The Morgan fingerprint density at radius 2 is 1.85 bits per heavy atom. The van der Waals surface area contributed by atoms with Crippen molar-refractivity contribution in [1.29, 1.82) is 0 Å². The Morgan fingerprint density at radius 1 is 1.17 bits per heavy atom. The highest BCUT2D eigenvalue weighted by molar-refractivity contribution is 7.59. The number of aliphatic hydroxyl groups excluding tert-OH is 1. The SMILES string of the molecule is COc1ccc(F)cc1[C@H](Cn1c(=O)n([C@@H](C)C(=O)CC(C)C)c(=O)c2c(C)c(-n3nccn3)sc21)OCCO.S. The summed E-state index contributed by atoms with van der Waals surface area (Å²) < 4.78 is 28.0. The number of carbonyl (C=O) groups excluding carboxylic acids is 1. The number of ether oxygens (including phenoxy) is 2. The molecular formula is C27H34FN5O6S2. The number of Topliss-reactive ketones (excluding diaryl/α,β-unsaturated/α-hetero) is 1. The maximum Gasteiger partial charge on any atom is 0.332 e. The molecule has 0 spiro atoms. The van der Waals surface area contributed by atoms with Gasteiger partial charge in [0.05, 0.1) is 50.7 Å². The van der Waals surface area contributed by atoms with Gasteiger partial charge in [0.1, 0.15) is 27.5 Å². The number of nitrogens with zero attached hydrogens (tertiary/aromatic N) is 5. The van der Waals surface area contributed by atoms with E-state index in [-0.39, 0.29) is 56.8 Å². The quantitative estimate of drug-likeness (QED) is 0.260. The lowest BCUT2D eigenvalue weighted by atomic mass is 10.0. The number of thiophene rings is 1. The van der Waals surface area contributed by atoms with Gasteiger partial charge >= 0.3 is 5.69 Å². The highest BCUT2D eigenvalue weighted by Crippen LogP contribution is 2.34. The zero-order chi connectivity index (χ0) is 29.1. The summed E-state index contributed by atoms with van der Waals surface area (Å²) in [7, 11) is 1.43. The lowest BCUT2D eigenvalue weighted by molar-refractivity contribution is -0.122. The van der Waals surface area contributed by atoms with E-state index in [9.17, 15) is 23.9 Å². The summed E-state index contributed by atoms with van der Waals surface area (Å²) >= 11 is 1.14. The average molecular weight is 608 g/mol. The lowest BCUT2D eigenvalue weighted by Gasteiger charge is -2.23. The summed E-state index contributed by atoms with van der Waals surface area (Å²) in [4.78, 5) is 42.6. The van der Waals surface area contributed by atoms with Crippen LogP contribution in [0.1, 0.15) is 50.5 Å². The number of fused-ring (bicyclic) bond motifs is 1. The van der Waals surface area contributed by atoms with E-state index < -0.39 is 29.2 Å². The number of carbonyl (C=O) groups is 1. The molecule has 0 saturated heterocycles. The maximum atomic E-state index is 14.3. The number of halogens is 1. The molecule has 0 amide bonds. The molecule has 0 bridgehead atoms. The molecule has 0 aliphatic rings. The Labute approximate surface area is 246 Å². The maximum absolute atomic E-state index is 14.3. The smallest absolute Gasteiger partial charge is 0.332 e. The third-order valence-electron chi connectivity index (χ3n) is 6.58. The van der Waals surface area contributed by atoms with Crippen molar-refractivity contribution in [2.75, 3.05) is 20.3 Å². The minimum absolute atomic E-state index is 0. The van der Waals surface area contributed by atoms with Gasteiger partial charge in [0.15, 0.2) is 5.78 Å². The molecule has 0 aliphatic carbocycles. The van der Waals surface area contributed by atoms with E-state index in [1.807, 2.05) is 13.8 Å². The van der Waals surface area contributed by atoms with Gasteiger partial charge in [0.2, 0.25) is 0 Å². The van der Waals surface area contributed by atoms with Gasteiger partial charge in [0, 0.05) is 17.5 Å². The van der Waals surface area contributed by atoms with Crippen LogP contribution in [0.25, 0.3) is 15.2 Å². The molecule has 3 heterocycles. The number of aliphatic hydroxyl groups is 1. The first-order valence-corrected chi connectivity index (χ1v) is 13.6. The molecule has 222 valence electrons. The Kier molecular flexibility index (Phi) is 10.6. The molecule has 41 heavy (non-hydrogen) atoms. The molecule has 1 N–H and O–H groups in total. The van der Waals surface area contributed by atoms with E-state index >= 15 is 0 Å². The normalized spacial score (nSPS) is 12.9. The summed E-state index contributed by atoms with van der Waals surface area (Å²) in [5.41, 5.74) is -0.441. The summed E-state index contributed by atoms with van der Waals surface area (Å²) in [6.45, 7) is 6.47. The second-order valence-corrected chi connectivity index (χ2v) is 10.8. The molecular weight excluding hydrogens is 573 g/mol. The highest BCUT2D eigenvalue weighted by atomic mass is 32.1. The van der Waals surface area contributed by atoms with Crippen LogP contribution in [0.2, 0.25) is 0 Å². The van der Waals surface area contributed by atoms with Crippen molar-refractivity contribution in [1.82, 2.24) is 24.1 Å². The summed E-state index contributed by atoms with van der Waals surface area (Å²) in [6, 6.07) is 2.91. The molecule has 11 nitrogen and oxygen atoms in total. The van der Waals surface area contributed by atoms with Gasteiger partial charge in [-0.1, -0.05) is 25.2 Å². The molecule has 0 radical (unpaired) electrons. The Morgan fingerprint density at radius 3 is 2.46 bits per heavy atom. The van der Waals surface area contributed by atoms with Gasteiger partial charge in [-0.05, 0) is 38.0 Å². The van der Waals surface area contributed by atoms with Crippen molar-refractivity contribution in [2.45, 2.75) is 52.8 Å². The van der Waals surface area contributed by atoms with Crippen LogP contribution in [0.4, 0.5) is 4.39 Å². The number of methoxy groups -OCH3 is 1. The molecule has 0 aliphatic heterocycles. The van der Waals surface area contributed by atoms with Crippen molar-refractivity contribution in [2.24, 2.45) is 5.92 Å². The fourth-order valence-corrected chi connectivity index (χ4v) is 5.86. The number of hydrogen-bond acceptors (Lipinski definition) is 9. The van der Waals surface area contributed by atoms with Crippen LogP contribution in [0.15, 0.2) is 40.2 Å². The first-order chi connectivity index (χ1) is 19.1. The minimum Gasteiger partial charge on any atom is -0.496 e. The Hall–Kier alpha value is -3.33. The molecule has 4 aromatic rings. The van der Waals surface area contributed by atoms with E-state index in [4.69, 9.17) is 9.47 Å². The number of ketones is 1. The molecule has 2 atom stereocenters. The van der Waals surface area contributed by atoms with Gasteiger partial charge in [-0.3, -0.25) is 14.2 Å². The fourth-order valence-electron chi connectivity index (χ4n) is 4.64. The second-order valence-electron chi connectivity index (χ2n) is 9.81. The molecule has 4 rings (SSSR count). The summed E-state index contributed by atoms with van der Waals surface area (Å²) in [6.07, 6.45) is 2.24. The van der Waals surface area contributed by atoms with Crippen molar-refractivity contribution >= 4 is 40.8 Å². The van der Waals surface area contributed by atoms with Crippen LogP contribution in [0.3, 0.4) is 0 Å². The van der Waals surface area contributed by atoms with E-state index in [1.165, 1.54) is 54.0 Å². The van der Waals surface area contributed by atoms with Crippen molar-refractivity contribution in [3.05, 3.63) is 68.4 Å². The first-order valence-electron chi connectivity index (χ1n) is 12.8. The number of rotatable bonds is 12. The largest absolute Gasteiger partial charge is 0.496 e. The van der Waals surface area contributed by atoms with Gasteiger partial charge < -0.3 is 14.6 Å². The highest BCUT2D eigenvalue weighted by Gasteiger charge is 2.29. The lowest BCUT2D eigenvalue weighted by Crippen LogP contribution is -2.44. The van der Waals surface area contributed by atoms with Crippen LogP contribution in [-0.2, 0) is 16.1 Å². The molecule has 0 saturated carbocycles. The Bertz CT molecular complexity index is 1630. The third-order valence-corrected chi connectivity index (χ3v) is 7.86. The van der Waals surface area contributed by atoms with Crippen LogP contribution in [0.5, 0.6) is 5.75 Å². The standard InChI is InChI=1S/C27H32FN5O6S.H2S/c1-15(2)12-20(35)17(4)32-24(36)23-16(3)25(33-29-8-9-30-33)40-26(23)31(27(32)37)14-22(39-11-10-34)19-13-18(28)6-7-21(19)38-5;/h6-9,13,15,17,22,34H,10-12,14H2,1-5H3;1H2/t17-,22-;/m0./s1. The molecule has 1 aromatic carbocycles. The van der Waals surface area contributed by atoms with E-state index in [1.54, 1.807) is 6.92 Å². The number of hydrogen-bond donors (Lipinski definition) is 1. The van der Waals surface area contributed by atoms with E-state index in [0.717, 1.165) is 15.9 Å². The number of aromatic nitrogens is 5. The average Bonchev–Trinajstić information content (AvgIpc) is 3.56. The van der Waals surface area contributed by atoms with Crippen molar-refractivity contribution in [3.8, 4) is 10.8 Å². The van der Waals surface area contributed by atoms with Gasteiger partial charge in [-0.2, -0.15) is 23.7 Å². The van der Waals surface area contributed by atoms with E-state index in [0.29, 0.717) is 26.7 Å². The monoisotopic (exact) mass is 607 g/mol. The van der Waals surface area contributed by atoms with E-state index in [2.05, 4.69) is 10.2 Å². The van der Waals surface area contributed by atoms with Crippen LogP contribution in [0, 0.1) is 18.7 Å². The van der Waals surface area contributed by atoms with Gasteiger partial charge in [-0.15, -0.1) is 4.80 Å². The van der Waals surface area contributed by atoms with Gasteiger partial charge in [0.25, 0.3) is 5.56 Å². The summed E-state index contributed by atoms with van der Waals surface area (Å²) in [5.74, 6) is -0.426. The molecule has 3 aromatic heterocycles. The predicted octanol–water partition coefficient (Wildman–Crippen LogP) is 3.30. The molecule has 14 heteroatoms. The third kappa shape index (κ3) is 6.45. The fraction of sp³-hybridized carbons (Fsp3) is 0.444. The van der Waals surface area contributed by atoms with Crippen LogP contribution >= 0.6 is 24.8 Å².